The van der Waals surface area contributed by atoms with Gasteiger partial charge in [0.05, 0.1) is 0 Å². The molecule has 0 aliphatic carbocycles. The van der Waals surface area contributed by atoms with E-state index in [0.29, 0.717) is 13.2 Å². The maximum absolute atomic E-state index is 11.2. The first-order valence-corrected chi connectivity index (χ1v) is 8.19. The van der Waals surface area contributed by atoms with Gasteiger partial charge in [-0.3, -0.25) is 0 Å². The fourth-order valence-electron chi connectivity index (χ4n) is 0.554. The van der Waals surface area contributed by atoms with Gasteiger partial charge < -0.3 is 0 Å². The van der Waals surface area contributed by atoms with Crippen molar-refractivity contribution in [3.63, 3.8) is 0 Å². The van der Waals surface area contributed by atoms with Crippen molar-refractivity contribution in [3.05, 3.63) is 0 Å². The molecule has 1 fully saturated rings. The van der Waals surface area contributed by atoms with Crippen LogP contribution < -0.4 is 0 Å². The molecule has 0 N–H and O–H groups in total. The van der Waals surface area contributed by atoms with Crippen LogP contribution in [0.25, 0.3) is 0 Å². The maximum atomic E-state index is 11.2. The van der Waals surface area contributed by atoms with E-state index in [2.05, 4.69) is 0 Å². The molecule has 1 aliphatic rings. The molecule has 0 radical (unpaired) electrons. The third-order valence-corrected chi connectivity index (χ3v) is 6.60. The van der Waals surface area contributed by atoms with Gasteiger partial charge in [-0.05, 0) is 0 Å². The summed E-state index contributed by atoms with van der Waals surface area (Å²) in [4.78, 5) is 0. The van der Waals surface area contributed by atoms with E-state index in [4.69, 9.17) is 9.05 Å². The normalized spacial score (nSPS) is 25.9. The molecular weight excluding hydrogens is 206 g/mol. The van der Waals surface area contributed by atoms with Crippen LogP contribution in [-0.4, -0.2) is 27.7 Å². The third-order valence-electron chi connectivity index (χ3n) is 1.01. The van der Waals surface area contributed by atoms with Gasteiger partial charge in [0, 0.05) is 0 Å². The minimum atomic E-state index is -2.53. The van der Waals surface area contributed by atoms with Gasteiger partial charge in [0.2, 0.25) is 0 Å². The fraction of sp³-hybridized carbons (Fsp3) is 1.00. The predicted octanol–water partition coefficient (Wildman–Crippen LogP) is 1.28. The first-order valence-electron chi connectivity index (χ1n) is 2.72. The zero-order valence-electron chi connectivity index (χ0n) is 5.20. The molecule has 1 aliphatic heterocycles. The average molecular weight is 215 g/mol. The summed E-state index contributed by atoms with van der Waals surface area (Å²) in [5.74, 6) is 1.87. The monoisotopic (exact) mass is 216 g/mol. The molecule has 3 nitrogen and oxygen atoms in total. The first kappa shape index (κ1) is 7.77. The average Bonchev–Trinajstić information content (AvgIpc) is 1.90. The van der Waals surface area contributed by atoms with Gasteiger partial charge in [-0.2, -0.15) is 0 Å². The van der Waals surface area contributed by atoms with Crippen molar-refractivity contribution in [1.82, 2.24) is 0 Å². The van der Waals surface area contributed by atoms with E-state index in [-0.39, 0.29) is 14.5 Å². The molecule has 0 aromatic rings. The molecule has 0 unspecified atom stereocenters. The zero-order chi connectivity index (χ0) is 6.74. The van der Waals surface area contributed by atoms with Gasteiger partial charge in [0.1, 0.15) is 0 Å². The Balaban J connectivity index is 2.47. The van der Waals surface area contributed by atoms with Crippen LogP contribution in [0.5, 0.6) is 0 Å². The summed E-state index contributed by atoms with van der Waals surface area (Å²) in [6.07, 6.45) is -1.66. The number of rotatable bonds is 1. The molecule has 0 amide bonds. The molecule has 1 rings (SSSR count). The van der Waals surface area contributed by atoms with Crippen LogP contribution >= 0.6 is 6.29 Å². The van der Waals surface area contributed by atoms with Crippen molar-refractivity contribution in [1.29, 1.82) is 0 Å². The topological polar surface area (TPSA) is 35.5 Å². The van der Waals surface area contributed by atoms with E-state index in [1.807, 2.05) is 5.82 Å². The molecule has 0 aromatic carbocycles. The Bertz CT molecular complexity index is 128. The van der Waals surface area contributed by atoms with Gasteiger partial charge in [-0.15, -0.1) is 0 Å². The van der Waals surface area contributed by atoms with E-state index in [0.717, 1.165) is 6.42 Å². The Labute approximate surface area is 60.4 Å². The fourth-order valence-corrected chi connectivity index (χ4v) is 3.81. The molecular formula is C4H9O3PSe. The molecule has 9 heavy (non-hydrogen) atoms. The SMILES string of the molecule is C[Se]P1(=O)OCCCO1. The molecule has 1 saturated heterocycles. The molecule has 0 bridgehead atoms. The first-order chi connectivity index (χ1) is 4.27. The van der Waals surface area contributed by atoms with Crippen molar-refractivity contribution in [2.24, 2.45) is 0 Å². The summed E-state index contributed by atoms with van der Waals surface area (Å²) in [6, 6.07) is 0. The van der Waals surface area contributed by atoms with Crippen LogP contribution in [-0.2, 0) is 13.6 Å². The summed E-state index contributed by atoms with van der Waals surface area (Å²) in [7, 11) is 0. The van der Waals surface area contributed by atoms with E-state index >= 15 is 0 Å². The Morgan fingerprint density at radius 2 is 2.00 bits per heavy atom. The Morgan fingerprint density at radius 3 is 2.33 bits per heavy atom. The van der Waals surface area contributed by atoms with Crippen molar-refractivity contribution in [2.75, 3.05) is 13.2 Å². The van der Waals surface area contributed by atoms with Crippen LogP contribution in [0.3, 0.4) is 0 Å². The Hall–Kier alpha value is 0.669. The zero-order valence-corrected chi connectivity index (χ0v) is 7.81. The molecule has 0 saturated carbocycles. The van der Waals surface area contributed by atoms with E-state index in [9.17, 15) is 4.57 Å². The molecule has 54 valence electrons. The van der Waals surface area contributed by atoms with Crippen LogP contribution in [0, 0.1) is 0 Å². The Kier molecular flexibility index (Phi) is 2.74. The second-order valence-corrected chi connectivity index (χ2v) is 8.54. The van der Waals surface area contributed by atoms with E-state index < -0.39 is 6.29 Å². The summed E-state index contributed by atoms with van der Waals surface area (Å²) >= 11 is -0.00653. The number of hydrogen-bond acceptors (Lipinski definition) is 3. The molecule has 0 spiro atoms. The van der Waals surface area contributed by atoms with Gasteiger partial charge in [-0.1, -0.05) is 0 Å². The molecule has 1 heterocycles. The van der Waals surface area contributed by atoms with Crippen molar-refractivity contribution in [3.8, 4) is 0 Å². The predicted molar refractivity (Wildman–Crippen MR) is 35.7 cm³/mol. The van der Waals surface area contributed by atoms with Gasteiger partial charge >= 0.3 is 59.9 Å². The quantitative estimate of drug-likeness (QED) is 0.488. The second kappa shape index (κ2) is 3.18. The molecule has 5 heteroatoms. The standard InChI is InChI=1S/C4H9O3PSe/c1-9-8(5)6-3-2-4-7-8/h2-4H2,1H3. The summed E-state index contributed by atoms with van der Waals surface area (Å²) in [6.45, 7) is 1.21. The van der Waals surface area contributed by atoms with Crippen LogP contribution in [0.15, 0.2) is 0 Å². The van der Waals surface area contributed by atoms with Gasteiger partial charge in [0.25, 0.3) is 0 Å². The number of hydrogen-bond donors (Lipinski definition) is 0. The van der Waals surface area contributed by atoms with Crippen molar-refractivity contribution >= 4 is 20.8 Å². The summed E-state index contributed by atoms with van der Waals surface area (Å²) in [5.41, 5.74) is 0. The third kappa shape index (κ3) is 2.06. The van der Waals surface area contributed by atoms with Crippen LogP contribution in [0.2, 0.25) is 5.82 Å². The molecule has 0 aromatic heterocycles. The van der Waals surface area contributed by atoms with Crippen LogP contribution in [0.4, 0.5) is 0 Å². The summed E-state index contributed by atoms with van der Waals surface area (Å²) in [5, 5.41) is 0. The van der Waals surface area contributed by atoms with E-state index in [1.165, 1.54) is 0 Å². The minimum absolute atomic E-state index is 0.00653. The van der Waals surface area contributed by atoms with Crippen LogP contribution in [0.1, 0.15) is 6.42 Å². The van der Waals surface area contributed by atoms with Crippen molar-refractivity contribution < 1.29 is 13.6 Å². The summed E-state index contributed by atoms with van der Waals surface area (Å²) < 4.78 is 21.1. The van der Waals surface area contributed by atoms with E-state index in [1.54, 1.807) is 0 Å². The second-order valence-electron chi connectivity index (χ2n) is 1.65. The Morgan fingerprint density at radius 1 is 1.44 bits per heavy atom. The van der Waals surface area contributed by atoms with Gasteiger partial charge in [-0.25, -0.2) is 0 Å². The molecule has 0 atom stereocenters. The van der Waals surface area contributed by atoms with Crippen molar-refractivity contribution in [2.45, 2.75) is 12.2 Å². The van der Waals surface area contributed by atoms with Gasteiger partial charge in [0.15, 0.2) is 0 Å².